The lowest BCUT2D eigenvalue weighted by atomic mass is 10.1. The van der Waals surface area contributed by atoms with Crippen LogP contribution < -0.4 is 16.1 Å². The Labute approximate surface area is 185 Å². The van der Waals surface area contributed by atoms with E-state index in [2.05, 4.69) is 10.6 Å². The molecule has 1 atom stereocenters. The monoisotopic (exact) mass is 447 g/mol. The summed E-state index contributed by atoms with van der Waals surface area (Å²) in [5, 5.41) is 14.4. The highest BCUT2D eigenvalue weighted by Crippen LogP contribution is 2.13. The van der Waals surface area contributed by atoms with Crippen molar-refractivity contribution < 1.29 is 24.3 Å². The largest absolute Gasteiger partial charge is 0.445 e. The number of hydrogen-bond acceptors (Lipinski definition) is 5. The first-order valence-corrected chi connectivity index (χ1v) is 10.3. The van der Waals surface area contributed by atoms with E-state index < -0.39 is 18.0 Å². The molecule has 0 saturated heterocycles. The molecule has 2 rings (SSSR count). The van der Waals surface area contributed by atoms with Crippen LogP contribution in [0.1, 0.15) is 37.7 Å². The summed E-state index contributed by atoms with van der Waals surface area (Å²) in [6, 6.07) is 15.1. The van der Waals surface area contributed by atoms with E-state index in [1.54, 1.807) is 54.0 Å². The van der Waals surface area contributed by atoms with E-state index in [1.165, 1.54) is 0 Å². The Balaban J connectivity index is 1.89. The van der Waals surface area contributed by atoms with Gasteiger partial charge in [0, 0.05) is 17.1 Å². The van der Waals surface area contributed by atoms with Crippen molar-refractivity contribution in [3.63, 3.8) is 0 Å². The predicted molar refractivity (Wildman–Crippen MR) is 117 cm³/mol. The summed E-state index contributed by atoms with van der Waals surface area (Å²) >= 11 is 5.93. The summed E-state index contributed by atoms with van der Waals surface area (Å²) in [7, 11) is 0. The summed E-state index contributed by atoms with van der Waals surface area (Å²) in [5.41, 5.74) is 2.93. The molecule has 2 aromatic rings. The number of para-hydroxylation sites is 1. The Bertz CT molecular complexity index is 863. The number of hydrogen-bond donors (Lipinski definition) is 4. The predicted octanol–water partition coefficient (Wildman–Crippen LogP) is 4.03. The highest BCUT2D eigenvalue weighted by atomic mass is 35.5. The molecule has 0 aromatic heterocycles. The van der Waals surface area contributed by atoms with Gasteiger partial charge in [-0.3, -0.25) is 14.8 Å². The van der Waals surface area contributed by atoms with Crippen molar-refractivity contribution in [2.45, 2.75) is 44.8 Å². The number of unbranched alkanes of at least 4 members (excludes halogenated alkanes) is 2. The first-order valence-electron chi connectivity index (χ1n) is 9.94. The Morgan fingerprint density at radius 3 is 2.48 bits per heavy atom. The molecule has 0 aliphatic heterocycles. The van der Waals surface area contributed by atoms with Crippen LogP contribution in [0.25, 0.3) is 0 Å². The zero-order valence-electron chi connectivity index (χ0n) is 17.0. The molecular formula is C22H26ClN3O5. The van der Waals surface area contributed by atoms with Crippen molar-refractivity contribution in [2.75, 3.05) is 5.32 Å². The Morgan fingerprint density at radius 2 is 1.77 bits per heavy atom. The van der Waals surface area contributed by atoms with E-state index in [1.807, 2.05) is 6.07 Å². The molecule has 2 aromatic carbocycles. The molecule has 0 saturated carbocycles. The van der Waals surface area contributed by atoms with Gasteiger partial charge in [0.05, 0.1) is 0 Å². The fourth-order valence-corrected chi connectivity index (χ4v) is 3.06. The fourth-order valence-electron chi connectivity index (χ4n) is 2.85. The van der Waals surface area contributed by atoms with Gasteiger partial charge in [-0.25, -0.2) is 10.3 Å². The van der Waals surface area contributed by atoms with Crippen LogP contribution in [-0.2, 0) is 20.9 Å². The lowest BCUT2D eigenvalue weighted by Crippen LogP contribution is -2.44. The topological polar surface area (TPSA) is 117 Å². The first kappa shape index (κ1) is 24.2. The second-order valence-electron chi connectivity index (χ2n) is 6.89. The van der Waals surface area contributed by atoms with Crippen LogP contribution in [0.3, 0.4) is 0 Å². The van der Waals surface area contributed by atoms with Crippen LogP contribution in [0.15, 0.2) is 54.6 Å². The highest BCUT2D eigenvalue weighted by molar-refractivity contribution is 6.30. The number of rotatable bonds is 11. The fraction of sp³-hybridized carbons (Fsp3) is 0.318. The van der Waals surface area contributed by atoms with Crippen molar-refractivity contribution in [3.05, 3.63) is 65.2 Å². The Hall–Kier alpha value is -3.10. The molecule has 8 nitrogen and oxygen atoms in total. The van der Waals surface area contributed by atoms with E-state index in [-0.39, 0.29) is 18.9 Å². The van der Waals surface area contributed by atoms with Gasteiger partial charge < -0.3 is 15.4 Å². The van der Waals surface area contributed by atoms with E-state index in [0.717, 1.165) is 5.56 Å². The van der Waals surface area contributed by atoms with Crippen LogP contribution in [0.2, 0.25) is 5.02 Å². The normalized spacial score (nSPS) is 11.3. The molecule has 3 amide bonds. The van der Waals surface area contributed by atoms with Crippen molar-refractivity contribution in [3.8, 4) is 0 Å². The third-order valence-corrected chi connectivity index (χ3v) is 4.67. The van der Waals surface area contributed by atoms with Crippen LogP contribution in [0.4, 0.5) is 10.5 Å². The highest BCUT2D eigenvalue weighted by Gasteiger charge is 2.21. The molecule has 0 aliphatic rings. The molecule has 31 heavy (non-hydrogen) atoms. The molecule has 4 N–H and O–H groups in total. The number of carbonyl (C=O) groups excluding carboxylic acids is 3. The molecular weight excluding hydrogens is 422 g/mol. The maximum atomic E-state index is 12.7. The quantitative estimate of drug-likeness (QED) is 0.236. The molecule has 0 spiro atoms. The van der Waals surface area contributed by atoms with Gasteiger partial charge in [-0.05, 0) is 42.7 Å². The maximum absolute atomic E-state index is 12.7. The number of alkyl carbamates (subject to hydrolysis) is 1. The zero-order valence-corrected chi connectivity index (χ0v) is 17.7. The average molecular weight is 448 g/mol. The number of amides is 3. The maximum Gasteiger partial charge on any atom is 0.408 e. The molecule has 9 heteroatoms. The SMILES string of the molecule is O=C(CCCCCC(NC(=O)OCc1cccc(Cl)c1)C(=O)Nc1ccccc1)NO. The summed E-state index contributed by atoms with van der Waals surface area (Å²) in [5.74, 6) is -0.819. The lowest BCUT2D eigenvalue weighted by molar-refractivity contribution is -0.129. The average Bonchev–Trinajstić information content (AvgIpc) is 2.77. The van der Waals surface area contributed by atoms with Gasteiger partial charge in [-0.15, -0.1) is 0 Å². The number of benzene rings is 2. The molecule has 0 bridgehead atoms. The number of hydroxylamine groups is 1. The molecule has 0 radical (unpaired) electrons. The van der Waals surface area contributed by atoms with Gasteiger partial charge in [0.25, 0.3) is 0 Å². The summed E-state index contributed by atoms with van der Waals surface area (Å²) < 4.78 is 5.22. The van der Waals surface area contributed by atoms with Crippen LogP contribution in [0.5, 0.6) is 0 Å². The van der Waals surface area contributed by atoms with E-state index >= 15 is 0 Å². The van der Waals surface area contributed by atoms with Crippen molar-refractivity contribution >= 4 is 35.2 Å². The zero-order chi connectivity index (χ0) is 22.5. The van der Waals surface area contributed by atoms with Gasteiger partial charge in [-0.1, -0.05) is 54.8 Å². The van der Waals surface area contributed by atoms with Crippen molar-refractivity contribution in [1.82, 2.24) is 10.8 Å². The van der Waals surface area contributed by atoms with Crippen molar-refractivity contribution in [2.24, 2.45) is 0 Å². The Morgan fingerprint density at radius 1 is 1.00 bits per heavy atom. The van der Waals surface area contributed by atoms with Crippen LogP contribution >= 0.6 is 11.6 Å². The van der Waals surface area contributed by atoms with Gasteiger partial charge in [-0.2, -0.15) is 0 Å². The van der Waals surface area contributed by atoms with E-state index in [4.69, 9.17) is 21.5 Å². The minimum absolute atomic E-state index is 0.0235. The molecule has 0 aliphatic carbocycles. The number of nitrogens with one attached hydrogen (secondary N) is 3. The lowest BCUT2D eigenvalue weighted by Gasteiger charge is -2.18. The van der Waals surface area contributed by atoms with Crippen LogP contribution in [0, 0.1) is 0 Å². The second kappa shape index (κ2) is 13.3. The number of ether oxygens (including phenoxy) is 1. The standard InChI is InChI=1S/C22H26ClN3O5/c23-17-9-7-8-16(14-17)15-31-22(29)25-19(12-5-2-6-13-20(27)26-30)21(28)24-18-10-3-1-4-11-18/h1,3-4,7-11,14,19,30H,2,5-6,12-13,15H2,(H,24,28)(H,25,29)(H,26,27). The second-order valence-corrected chi connectivity index (χ2v) is 7.33. The molecule has 0 heterocycles. The summed E-state index contributed by atoms with van der Waals surface area (Å²) in [4.78, 5) is 36.0. The number of carbonyl (C=O) groups is 3. The minimum Gasteiger partial charge on any atom is -0.445 e. The summed E-state index contributed by atoms with van der Waals surface area (Å²) in [6.07, 6.45) is 1.64. The third-order valence-electron chi connectivity index (χ3n) is 4.43. The van der Waals surface area contributed by atoms with Crippen LogP contribution in [-0.4, -0.2) is 29.2 Å². The van der Waals surface area contributed by atoms with Gasteiger partial charge in [0.15, 0.2) is 0 Å². The number of halogens is 1. The first-order chi connectivity index (χ1) is 15.0. The van der Waals surface area contributed by atoms with Gasteiger partial charge in [0.2, 0.25) is 11.8 Å². The summed E-state index contributed by atoms with van der Waals surface area (Å²) in [6.45, 7) is 0.0235. The number of anilines is 1. The molecule has 0 fully saturated rings. The van der Waals surface area contributed by atoms with Gasteiger partial charge >= 0.3 is 6.09 Å². The van der Waals surface area contributed by atoms with Gasteiger partial charge in [0.1, 0.15) is 12.6 Å². The molecule has 166 valence electrons. The van der Waals surface area contributed by atoms with E-state index in [9.17, 15) is 14.4 Å². The molecule has 1 unspecified atom stereocenters. The van der Waals surface area contributed by atoms with Crippen molar-refractivity contribution in [1.29, 1.82) is 0 Å². The third kappa shape index (κ3) is 9.50. The smallest absolute Gasteiger partial charge is 0.408 e. The van der Waals surface area contributed by atoms with E-state index in [0.29, 0.717) is 36.4 Å². The Kier molecular flexibility index (Phi) is 10.3. The minimum atomic E-state index is -0.807.